The van der Waals surface area contributed by atoms with Crippen molar-refractivity contribution in [3.63, 3.8) is 0 Å². The number of hydrogen-bond acceptors (Lipinski definition) is 5. The molecule has 0 heterocycles. The summed E-state index contributed by atoms with van der Waals surface area (Å²) in [4.78, 5) is 9.88. The Hall–Kier alpha value is -2.32. The van der Waals surface area contributed by atoms with E-state index in [2.05, 4.69) is 4.72 Å². The predicted octanol–water partition coefficient (Wildman–Crippen LogP) is 2.75. The highest BCUT2D eigenvalue weighted by molar-refractivity contribution is 7.92. The number of nitro groups is 1. The summed E-state index contributed by atoms with van der Waals surface area (Å²) in [5.41, 5.74) is -0.415. The lowest BCUT2D eigenvalue weighted by Crippen LogP contribution is -2.13. The van der Waals surface area contributed by atoms with Gasteiger partial charge in [-0.25, -0.2) is 8.42 Å². The highest BCUT2D eigenvalue weighted by Gasteiger charge is 2.18. The Kier molecular flexibility index (Phi) is 4.01. The van der Waals surface area contributed by atoms with E-state index in [0.29, 0.717) is 0 Å². The van der Waals surface area contributed by atoms with Gasteiger partial charge in [0.25, 0.3) is 15.7 Å². The summed E-state index contributed by atoms with van der Waals surface area (Å²) in [5, 5.41) is 20.0. The second-order valence-corrected chi connectivity index (χ2v) is 6.12. The van der Waals surface area contributed by atoms with Gasteiger partial charge in [-0.3, -0.25) is 14.8 Å². The number of aromatic hydroxyl groups is 1. The minimum absolute atomic E-state index is 0.00515. The van der Waals surface area contributed by atoms with Gasteiger partial charge in [-0.1, -0.05) is 17.7 Å². The zero-order valence-electron chi connectivity index (χ0n) is 10.4. The Bertz CT molecular complexity index is 807. The van der Waals surface area contributed by atoms with E-state index in [1.807, 2.05) is 0 Å². The maximum Gasteiger partial charge on any atom is 0.289 e. The number of hydrogen-bond donors (Lipinski definition) is 2. The van der Waals surface area contributed by atoms with Crippen molar-refractivity contribution in [2.45, 2.75) is 4.90 Å². The van der Waals surface area contributed by atoms with Crippen LogP contribution in [-0.4, -0.2) is 18.4 Å². The van der Waals surface area contributed by atoms with E-state index in [4.69, 9.17) is 11.6 Å². The van der Waals surface area contributed by atoms with Gasteiger partial charge in [0.1, 0.15) is 10.8 Å². The fraction of sp³-hybridized carbons (Fsp3) is 0. The molecule has 0 aromatic heterocycles. The largest absolute Gasteiger partial charge is 0.508 e. The Morgan fingerprint density at radius 3 is 2.52 bits per heavy atom. The van der Waals surface area contributed by atoms with Crippen LogP contribution < -0.4 is 4.72 Å². The summed E-state index contributed by atoms with van der Waals surface area (Å²) < 4.78 is 26.4. The molecule has 0 unspecified atom stereocenters. The first-order valence-electron chi connectivity index (χ1n) is 5.55. The zero-order valence-corrected chi connectivity index (χ0v) is 11.9. The van der Waals surface area contributed by atoms with Crippen molar-refractivity contribution in [3.05, 3.63) is 57.6 Å². The molecule has 2 aromatic rings. The van der Waals surface area contributed by atoms with E-state index in [1.165, 1.54) is 30.3 Å². The lowest BCUT2D eigenvalue weighted by Gasteiger charge is -2.08. The topological polar surface area (TPSA) is 110 Å². The number of nitro benzene ring substituents is 1. The number of nitrogens with zero attached hydrogens (tertiary/aromatic N) is 1. The number of phenolic OH excluding ortho intramolecular Hbond substituents is 1. The standard InChI is InChI=1S/C12H9ClN2O5S/c13-11-5-4-8(6-12(11)15(17)18)14-21(19,20)10-3-1-2-9(16)7-10/h1-7,14,16H. The van der Waals surface area contributed by atoms with Crippen molar-refractivity contribution in [2.24, 2.45) is 0 Å². The SMILES string of the molecule is O=[N+]([O-])c1cc(NS(=O)(=O)c2cccc(O)c2)ccc1Cl. The van der Waals surface area contributed by atoms with Crippen LogP contribution in [0.15, 0.2) is 47.4 Å². The van der Waals surface area contributed by atoms with Crippen molar-refractivity contribution < 1.29 is 18.4 Å². The van der Waals surface area contributed by atoms with Crippen molar-refractivity contribution >= 4 is 33.0 Å². The lowest BCUT2D eigenvalue weighted by atomic mass is 10.3. The first-order valence-corrected chi connectivity index (χ1v) is 7.41. The Morgan fingerprint density at radius 2 is 1.90 bits per heavy atom. The predicted molar refractivity (Wildman–Crippen MR) is 77.0 cm³/mol. The fourth-order valence-electron chi connectivity index (χ4n) is 1.58. The molecule has 0 saturated carbocycles. The number of rotatable bonds is 4. The molecular weight excluding hydrogens is 320 g/mol. The quantitative estimate of drug-likeness (QED) is 0.662. The van der Waals surface area contributed by atoms with E-state index in [1.54, 1.807) is 0 Å². The Morgan fingerprint density at radius 1 is 1.19 bits per heavy atom. The third-order valence-electron chi connectivity index (χ3n) is 2.52. The van der Waals surface area contributed by atoms with Crippen LogP contribution in [-0.2, 0) is 10.0 Å². The van der Waals surface area contributed by atoms with Crippen LogP contribution >= 0.6 is 11.6 Å². The van der Waals surface area contributed by atoms with Gasteiger partial charge in [0, 0.05) is 12.1 Å². The molecule has 2 rings (SSSR count). The van der Waals surface area contributed by atoms with Crippen LogP contribution in [0, 0.1) is 10.1 Å². The lowest BCUT2D eigenvalue weighted by molar-refractivity contribution is -0.384. The second-order valence-electron chi connectivity index (χ2n) is 4.03. The highest BCUT2D eigenvalue weighted by atomic mass is 35.5. The van der Waals surface area contributed by atoms with E-state index in [-0.39, 0.29) is 21.4 Å². The zero-order chi connectivity index (χ0) is 15.6. The van der Waals surface area contributed by atoms with Gasteiger partial charge >= 0.3 is 0 Å². The molecule has 2 aromatic carbocycles. The normalized spacial score (nSPS) is 11.1. The molecule has 0 aliphatic heterocycles. The van der Waals surface area contributed by atoms with E-state index in [0.717, 1.165) is 12.1 Å². The molecule has 0 bridgehead atoms. The smallest absolute Gasteiger partial charge is 0.289 e. The van der Waals surface area contributed by atoms with E-state index >= 15 is 0 Å². The highest BCUT2D eigenvalue weighted by Crippen LogP contribution is 2.28. The maximum absolute atomic E-state index is 12.1. The number of nitrogens with one attached hydrogen (secondary N) is 1. The number of phenols is 1. The van der Waals surface area contributed by atoms with Crippen LogP contribution in [0.1, 0.15) is 0 Å². The molecule has 0 aliphatic rings. The van der Waals surface area contributed by atoms with E-state index < -0.39 is 20.6 Å². The van der Waals surface area contributed by atoms with Crippen LogP contribution in [0.5, 0.6) is 5.75 Å². The third kappa shape index (κ3) is 3.41. The number of benzene rings is 2. The summed E-state index contributed by atoms with van der Waals surface area (Å²) >= 11 is 5.65. The van der Waals surface area contributed by atoms with Gasteiger partial charge in [0.2, 0.25) is 0 Å². The van der Waals surface area contributed by atoms with Crippen LogP contribution in [0.2, 0.25) is 5.02 Å². The summed E-state index contributed by atoms with van der Waals surface area (Å²) in [5.74, 6) is -0.208. The average molecular weight is 329 g/mol. The van der Waals surface area contributed by atoms with Gasteiger partial charge in [-0.15, -0.1) is 0 Å². The van der Waals surface area contributed by atoms with Gasteiger partial charge in [0.15, 0.2) is 0 Å². The summed E-state index contributed by atoms with van der Waals surface area (Å²) in [6.45, 7) is 0. The van der Waals surface area contributed by atoms with Gasteiger partial charge in [-0.05, 0) is 24.3 Å². The van der Waals surface area contributed by atoms with Gasteiger partial charge < -0.3 is 5.11 Å². The van der Waals surface area contributed by atoms with Crippen LogP contribution in [0.25, 0.3) is 0 Å². The minimum atomic E-state index is -3.97. The molecule has 0 atom stereocenters. The van der Waals surface area contributed by atoms with Crippen LogP contribution in [0.4, 0.5) is 11.4 Å². The molecule has 2 N–H and O–H groups in total. The average Bonchev–Trinajstić information content (AvgIpc) is 2.40. The molecule has 9 heteroatoms. The molecule has 0 spiro atoms. The Balaban J connectivity index is 2.37. The van der Waals surface area contributed by atoms with Gasteiger partial charge in [-0.2, -0.15) is 0 Å². The molecule has 0 radical (unpaired) electrons. The molecule has 21 heavy (non-hydrogen) atoms. The summed E-state index contributed by atoms with van der Waals surface area (Å²) in [6.07, 6.45) is 0. The molecule has 7 nitrogen and oxygen atoms in total. The number of sulfonamides is 1. The fourth-order valence-corrected chi connectivity index (χ4v) is 2.86. The molecule has 110 valence electrons. The summed E-state index contributed by atoms with van der Waals surface area (Å²) in [6, 6.07) is 8.58. The first-order chi connectivity index (χ1) is 9.79. The molecule has 0 aliphatic carbocycles. The number of halogens is 1. The number of anilines is 1. The monoisotopic (exact) mass is 328 g/mol. The molecule has 0 amide bonds. The van der Waals surface area contributed by atoms with Crippen molar-refractivity contribution in [1.29, 1.82) is 0 Å². The van der Waals surface area contributed by atoms with E-state index in [9.17, 15) is 23.6 Å². The van der Waals surface area contributed by atoms with Crippen molar-refractivity contribution in [3.8, 4) is 5.75 Å². The van der Waals surface area contributed by atoms with Crippen molar-refractivity contribution in [2.75, 3.05) is 4.72 Å². The Labute approximate surface area is 125 Å². The van der Waals surface area contributed by atoms with Gasteiger partial charge in [0.05, 0.1) is 15.5 Å². The second kappa shape index (κ2) is 5.58. The summed E-state index contributed by atoms with van der Waals surface area (Å²) in [7, 11) is -3.97. The molecular formula is C12H9ClN2O5S. The maximum atomic E-state index is 12.1. The first kappa shape index (κ1) is 15.1. The van der Waals surface area contributed by atoms with Crippen molar-refractivity contribution in [1.82, 2.24) is 0 Å². The minimum Gasteiger partial charge on any atom is -0.508 e. The third-order valence-corrected chi connectivity index (χ3v) is 4.22. The molecule has 0 saturated heterocycles. The van der Waals surface area contributed by atoms with Crippen LogP contribution in [0.3, 0.4) is 0 Å². The molecule has 0 fully saturated rings.